The van der Waals surface area contributed by atoms with E-state index in [2.05, 4.69) is 30.3 Å². The van der Waals surface area contributed by atoms with Crippen LogP contribution in [0.3, 0.4) is 0 Å². The first-order valence-corrected chi connectivity index (χ1v) is 6.69. The van der Waals surface area contributed by atoms with Crippen molar-refractivity contribution in [3.8, 4) is 5.75 Å². The molecule has 4 heteroatoms. The fourth-order valence-corrected chi connectivity index (χ4v) is 2.99. The number of hydrogen-bond acceptors (Lipinski definition) is 2. The average Bonchev–Trinajstić information content (AvgIpc) is 2.64. The fourth-order valence-electron chi connectivity index (χ4n) is 2.53. The Morgan fingerprint density at radius 3 is 2.72 bits per heavy atom. The molecule has 0 saturated heterocycles. The molecule has 1 aromatic heterocycles. The minimum atomic E-state index is 0.0104. The molecule has 18 heavy (non-hydrogen) atoms. The van der Waals surface area contributed by atoms with Gasteiger partial charge in [-0.25, -0.2) is 0 Å². The highest BCUT2D eigenvalue weighted by molar-refractivity contribution is 7.71. The number of ether oxygens (including phenoxy) is 1. The molecular formula is C14H20N2OS. The highest BCUT2D eigenvalue weighted by Gasteiger charge is 2.22. The number of aromatic amines is 1. The summed E-state index contributed by atoms with van der Waals surface area (Å²) in [6.07, 6.45) is 2.22. The maximum Gasteiger partial charge on any atom is 0.178 e. The predicted octanol–water partition coefficient (Wildman–Crippen LogP) is 4.24. The van der Waals surface area contributed by atoms with Crippen molar-refractivity contribution in [2.24, 2.45) is 0 Å². The average molecular weight is 264 g/mol. The van der Waals surface area contributed by atoms with Crippen molar-refractivity contribution in [2.45, 2.75) is 39.2 Å². The van der Waals surface area contributed by atoms with Crippen LogP contribution in [-0.4, -0.2) is 16.7 Å². The van der Waals surface area contributed by atoms with E-state index in [-0.39, 0.29) is 5.54 Å². The summed E-state index contributed by atoms with van der Waals surface area (Å²) >= 11 is 5.46. The molecule has 0 saturated carbocycles. The van der Waals surface area contributed by atoms with Gasteiger partial charge < -0.3 is 14.3 Å². The van der Waals surface area contributed by atoms with Crippen LogP contribution in [0.4, 0.5) is 0 Å². The molecule has 0 atom stereocenters. The molecular weight excluding hydrogens is 244 g/mol. The Bertz CT molecular complexity index is 610. The normalized spacial score (nSPS) is 12.0. The van der Waals surface area contributed by atoms with E-state index in [0.29, 0.717) is 0 Å². The molecule has 0 aliphatic heterocycles. The van der Waals surface area contributed by atoms with E-state index in [1.165, 1.54) is 0 Å². The number of H-pyrrole nitrogens is 1. The molecule has 2 rings (SSSR count). The molecule has 0 radical (unpaired) electrons. The zero-order chi connectivity index (χ0) is 13.3. The van der Waals surface area contributed by atoms with Crippen LogP contribution in [0.2, 0.25) is 0 Å². The van der Waals surface area contributed by atoms with Gasteiger partial charge in [0.15, 0.2) is 4.77 Å². The summed E-state index contributed by atoms with van der Waals surface area (Å²) in [5.74, 6) is 0.859. The van der Waals surface area contributed by atoms with Crippen LogP contribution in [0.5, 0.6) is 5.75 Å². The maximum atomic E-state index is 5.46. The summed E-state index contributed by atoms with van der Waals surface area (Å²) in [5.41, 5.74) is 2.18. The van der Waals surface area contributed by atoms with Crippen LogP contribution >= 0.6 is 12.2 Å². The summed E-state index contributed by atoms with van der Waals surface area (Å²) in [7, 11) is 1.68. The largest absolute Gasteiger partial charge is 0.497 e. The lowest BCUT2D eigenvalue weighted by Gasteiger charge is -2.27. The summed E-state index contributed by atoms with van der Waals surface area (Å²) < 4.78 is 8.27. The highest BCUT2D eigenvalue weighted by atomic mass is 32.1. The molecule has 0 unspecified atom stereocenters. The second-order valence-corrected chi connectivity index (χ2v) is 5.60. The van der Waals surface area contributed by atoms with E-state index >= 15 is 0 Å². The van der Waals surface area contributed by atoms with Crippen molar-refractivity contribution in [1.29, 1.82) is 0 Å². The van der Waals surface area contributed by atoms with Crippen LogP contribution in [0.15, 0.2) is 18.2 Å². The Kier molecular flexibility index (Phi) is 3.48. The number of methoxy groups -OCH3 is 1. The highest BCUT2D eigenvalue weighted by Crippen LogP contribution is 2.29. The molecule has 0 amide bonds. The lowest BCUT2D eigenvalue weighted by atomic mass is 9.98. The van der Waals surface area contributed by atoms with Gasteiger partial charge in [0.2, 0.25) is 0 Å². The standard InChI is InChI=1S/C14H20N2OS/c1-5-8-14(2,3)16-12-9-10(17-4)6-7-11(12)15-13(16)18/h6-7,9H,5,8H2,1-4H3,(H,15,18). The summed E-state index contributed by atoms with van der Waals surface area (Å²) in [4.78, 5) is 3.27. The van der Waals surface area contributed by atoms with Gasteiger partial charge in [-0.3, -0.25) is 0 Å². The van der Waals surface area contributed by atoms with Gasteiger partial charge in [-0.2, -0.15) is 0 Å². The van der Waals surface area contributed by atoms with E-state index in [1.54, 1.807) is 7.11 Å². The van der Waals surface area contributed by atoms with Crippen molar-refractivity contribution in [3.63, 3.8) is 0 Å². The van der Waals surface area contributed by atoms with Gasteiger partial charge in [0.25, 0.3) is 0 Å². The van der Waals surface area contributed by atoms with Gasteiger partial charge in [-0.1, -0.05) is 13.3 Å². The van der Waals surface area contributed by atoms with Crippen LogP contribution in [0.25, 0.3) is 11.0 Å². The van der Waals surface area contributed by atoms with E-state index in [4.69, 9.17) is 17.0 Å². The van der Waals surface area contributed by atoms with Crippen LogP contribution < -0.4 is 4.74 Å². The topological polar surface area (TPSA) is 29.9 Å². The van der Waals surface area contributed by atoms with Crippen molar-refractivity contribution in [1.82, 2.24) is 9.55 Å². The second kappa shape index (κ2) is 4.76. The lowest BCUT2D eigenvalue weighted by molar-refractivity contribution is 0.329. The zero-order valence-corrected chi connectivity index (χ0v) is 12.2. The number of nitrogens with one attached hydrogen (secondary N) is 1. The van der Waals surface area contributed by atoms with Gasteiger partial charge in [0, 0.05) is 11.6 Å². The molecule has 0 fully saturated rings. The van der Waals surface area contributed by atoms with Gasteiger partial charge in [0.1, 0.15) is 5.75 Å². The third kappa shape index (κ3) is 2.17. The molecule has 1 heterocycles. The summed E-state index contributed by atoms with van der Waals surface area (Å²) in [6, 6.07) is 6.01. The minimum absolute atomic E-state index is 0.0104. The fraction of sp³-hybridized carbons (Fsp3) is 0.500. The number of hydrogen-bond donors (Lipinski definition) is 1. The molecule has 0 spiro atoms. The molecule has 0 aliphatic carbocycles. The Morgan fingerprint density at radius 2 is 2.11 bits per heavy atom. The van der Waals surface area contributed by atoms with Crippen molar-refractivity contribution >= 4 is 23.3 Å². The monoisotopic (exact) mass is 264 g/mol. The Hall–Kier alpha value is -1.29. The number of benzene rings is 1. The van der Waals surface area contributed by atoms with Gasteiger partial charge >= 0.3 is 0 Å². The number of aromatic nitrogens is 2. The quantitative estimate of drug-likeness (QED) is 0.837. The number of fused-ring (bicyclic) bond motifs is 1. The number of nitrogens with zero attached hydrogens (tertiary/aromatic N) is 1. The van der Waals surface area contributed by atoms with Crippen molar-refractivity contribution in [3.05, 3.63) is 23.0 Å². The van der Waals surface area contributed by atoms with Crippen LogP contribution in [-0.2, 0) is 5.54 Å². The van der Waals surface area contributed by atoms with E-state index < -0.39 is 0 Å². The molecule has 1 aromatic carbocycles. The second-order valence-electron chi connectivity index (χ2n) is 5.21. The van der Waals surface area contributed by atoms with Gasteiger partial charge in [-0.15, -0.1) is 0 Å². The van der Waals surface area contributed by atoms with Gasteiger partial charge in [0.05, 0.1) is 18.1 Å². The van der Waals surface area contributed by atoms with E-state index in [9.17, 15) is 0 Å². The molecule has 0 aliphatic rings. The Labute approximate surface area is 113 Å². The van der Waals surface area contributed by atoms with E-state index in [1.807, 2.05) is 18.2 Å². The molecule has 0 bridgehead atoms. The first-order valence-electron chi connectivity index (χ1n) is 6.29. The Morgan fingerprint density at radius 1 is 1.39 bits per heavy atom. The molecule has 2 aromatic rings. The smallest absolute Gasteiger partial charge is 0.178 e. The molecule has 3 nitrogen and oxygen atoms in total. The Balaban J connectivity index is 2.69. The first kappa shape index (κ1) is 13.1. The third-order valence-electron chi connectivity index (χ3n) is 3.36. The van der Waals surface area contributed by atoms with Crippen LogP contribution in [0, 0.1) is 4.77 Å². The predicted molar refractivity (Wildman–Crippen MR) is 77.9 cm³/mol. The lowest BCUT2D eigenvalue weighted by Crippen LogP contribution is -2.25. The minimum Gasteiger partial charge on any atom is -0.497 e. The van der Waals surface area contributed by atoms with E-state index in [0.717, 1.165) is 34.4 Å². The van der Waals surface area contributed by atoms with Crippen molar-refractivity contribution in [2.75, 3.05) is 7.11 Å². The zero-order valence-electron chi connectivity index (χ0n) is 11.4. The summed E-state index contributed by atoms with van der Waals surface area (Å²) in [5, 5.41) is 0. The number of imidazole rings is 1. The first-order chi connectivity index (χ1) is 8.49. The SMILES string of the molecule is CCCC(C)(C)n1c(=S)[nH]c2ccc(OC)cc21. The molecule has 1 N–H and O–H groups in total. The van der Waals surface area contributed by atoms with Crippen LogP contribution in [0.1, 0.15) is 33.6 Å². The number of rotatable bonds is 4. The van der Waals surface area contributed by atoms with Crippen molar-refractivity contribution < 1.29 is 4.74 Å². The third-order valence-corrected chi connectivity index (χ3v) is 3.64. The maximum absolute atomic E-state index is 5.46. The summed E-state index contributed by atoms with van der Waals surface area (Å²) in [6.45, 7) is 6.64. The molecule has 98 valence electrons. The van der Waals surface area contributed by atoms with Gasteiger partial charge in [-0.05, 0) is 44.6 Å².